The summed E-state index contributed by atoms with van der Waals surface area (Å²) >= 11 is 1.17. The minimum atomic E-state index is -4.81. The van der Waals surface area contributed by atoms with E-state index in [4.69, 9.17) is 10.1 Å². The number of alkyl halides is 3. The number of ether oxygens (including phenoxy) is 1. The van der Waals surface area contributed by atoms with Gasteiger partial charge in [0.1, 0.15) is 11.5 Å². The van der Waals surface area contributed by atoms with Gasteiger partial charge >= 0.3 is 6.18 Å². The number of rotatable bonds is 8. The van der Waals surface area contributed by atoms with E-state index >= 15 is 0 Å². The average Bonchev–Trinajstić information content (AvgIpc) is 3.23. The monoisotopic (exact) mass is 508 g/mol. The number of para-hydroxylation sites is 2. The molecule has 0 amide bonds. The summed E-state index contributed by atoms with van der Waals surface area (Å²) in [5.74, 6) is 0.458. The number of hydrogen-bond acceptors (Lipinski definition) is 6. The van der Waals surface area contributed by atoms with Crippen molar-refractivity contribution in [3.63, 3.8) is 0 Å². The van der Waals surface area contributed by atoms with Gasteiger partial charge in [0.15, 0.2) is 9.84 Å². The predicted molar refractivity (Wildman–Crippen MR) is 130 cm³/mol. The van der Waals surface area contributed by atoms with Crippen LogP contribution in [0.1, 0.15) is 18.7 Å². The van der Waals surface area contributed by atoms with Gasteiger partial charge in [-0.15, -0.1) is 11.3 Å². The lowest BCUT2D eigenvalue weighted by Gasteiger charge is -2.17. The van der Waals surface area contributed by atoms with Crippen molar-refractivity contribution in [1.29, 1.82) is 5.41 Å². The molecule has 0 unspecified atom stereocenters. The van der Waals surface area contributed by atoms with Crippen molar-refractivity contribution in [2.24, 2.45) is 0 Å². The van der Waals surface area contributed by atoms with E-state index in [2.05, 4.69) is 5.32 Å². The molecule has 5 nitrogen and oxygen atoms in total. The largest absolute Gasteiger partial charge is 0.489 e. The second kappa shape index (κ2) is 10.0. The van der Waals surface area contributed by atoms with Crippen molar-refractivity contribution in [2.45, 2.75) is 31.0 Å². The van der Waals surface area contributed by atoms with Gasteiger partial charge in [-0.2, -0.15) is 13.2 Å². The quantitative estimate of drug-likeness (QED) is 0.334. The summed E-state index contributed by atoms with van der Waals surface area (Å²) < 4.78 is 69.1. The fourth-order valence-corrected chi connectivity index (χ4v) is 4.56. The molecule has 0 aliphatic rings. The molecule has 3 rings (SSSR count). The third kappa shape index (κ3) is 6.48. The summed E-state index contributed by atoms with van der Waals surface area (Å²) in [6.45, 7) is 3.67. The Morgan fingerprint density at radius 2 is 1.79 bits per heavy atom. The van der Waals surface area contributed by atoms with Crippen molar-refractivity contribution in [2.75, 3.05) is 11.6 Å². The third-order valence-corrected chi connectivity index (χ3v) is 6.65. The van der Waals surface area contributed by atoms with Crippen LogP contribution in [0, 0.1) is 5.41 Å². The van der Waals surface area contributed by atoms with Gasteiger partial charge in [-0.1, -0.05) is 24.3 Å². The number of nitrogens with one attached hydrogen (secondary N) is 2. The molecule has 0 radical (unpaired) electrons. The van der Waals surface area contributed by atoms with E-state index in [9.17, 15) is 21.6 Å². The molecule has 0 aliphatic heterocycles. The maximum atomic E-state index is 13.2. The number of sulfone groups is 1. The van der Waals surface area contributed by atoms with Gasteiger partial charge in [0.2, 0.25) is 0 Å². The number of anilines is 1. The maximum Gasteiger partial charge on any atom is 0.432 e. The zero-order valence-corrected chi connectivity index (χ0v) is 20.2. The van der Waals surface area contributed by atoms with E-state index in [-0.39, 0.29) is 16.7 Å². The van der Waals surface area contributed by atoms with Crippen LogP contribution in [0.2, 0.25) is 0 Å². The molecule has 0 bridgehead atoms. The van der Waals surface area contributed by atoms with E-state index in [1.165, 1.54) is 23.5 Å². The van der Waals surface area contributed by atoms with Crippen molar-refractivity contribution in [1.82, 2.24) is 0 Å². The molecule has 2 aromatic carbocycles. The van der Waals surface area contributed by atoms with E-state index in [0.717, 1.165) is 12.3 Å². The van der Waals surface area contributed by atoms with Gasteiger partial charge in [0, 0.05) is 6.26 Å². The van der Waals surface area contributed by atoms with Gasteiger partial charge in [-0.3, -0.25) is 5.41 Å². The van der Waals surface area contributed by atoms with Crippen LogP contribution < -0.4 is 10.1 Å². The van der Waals surface area contributed by atoms with Crippen LogP contribution in [0.3, 0.4) is 0 Å². The van der Waals surface area contributed by atoms with Crippen molar-refractivity contribution in [3.8, 4) is 16.9 Å². The number of hydrogen-bond donors (Lipinski definition) is 2. The molecule has 0 fully saturated rings. The Labute approximate surface area is 200 Å². The fourth-order valence-electron chi connectivity index (χ4n) is 3.00. The van der Waals surface area contributed by atoms with E-state index < -0.39 is 21.7 Å². The van der Waals surface area contributed by atoms with Crippen LogP contribution in [0.25, 0.3) is 16.8 Å². The molecule has 0 saturated carbocycles. The van der Waals surface area contributed by atoms with Crippen LogP contribution in [-0.2, 0) is 9.84 Å². The molecule has 0 atom stereocenters. The Hall–Kier alpha value is -3.11. The van der Waals surface area contributed by atoms with Gasteiger partial charge in [-0.05, 0) is 66.8 Å². The summed E-state index contributed by atoms with van der Waals surface area (Å²) in [6, 6.07) is 14.8. The van der Waals surface area contributed by atoms with Crippen LogP contribution in [0.4, 0.5) is 18.9 Å². The zero-order chi connectivity index (χ0) is 25.1. The highest BCUT2D eigenvalue weighted by molar-refractivity contribution is 7.90. The minimum absolute atomic E-state index is 0.0673. The van der Waals surface area contributed by atoms with Gasteiger partial charge in [0.05, 0.1) is 27.3 Å². The highest BCUT2D eigenvalue weighted by atomic mass is 32.2. The van der Waals surface area contributed by atoms with Crippen molar-refractivity contribution in [3.05, 3.63) is 70.9 Å². The van der Waals surface area contributed by atoms with Crippen LogP contribution in [-0.4, -0.2) is 32.7 Å². The normalized spacial score (nSPS) is 12.6. The summed E-state index contributed by atoms with van der Waals surface area (Å²) in [7, 11) is -3.42. The first-order valence-corrected chi connectivity index (χ1v) is 12.9. The van der Waals surface area contributed by atoms with Crippen molar-refractivity contribution < 1.29 is 26.3 Å². The Bertz CT molecular complexity index is 1330. The molecular formula is C24H23F3N2O3S2. The van der Waals surface area contributed by atoms with Crippen LogP contribution in [0.5, 0.6) is 5.75 Å². The highest BCUT2D eigenvalue weighted by Crippen LogP contribution is 2.35. The molecular weight excluding hydrogens is 485 g/mol. The second-order valence-electron chi connectivity index (χ2n) is 7.76. The number of allylic oxidation sites excluding steroid dienone is 1. The lowest BCUT2D eigenvalue weighted by atomic mass is 10.1. The van der Waals surface area contributed by atoms with Crippen LogP contribution >= 0.6 is 11.3 Å². The van der Waals surface area contributed by atoms with Crippen molar-refractivity contribution >= 4 is 38.3 Å². The molecule has 180 valence electrons. The number of benzene rings is 2. The summed E-state index contributed by atoms with van der Waals surface area (Å²) in [4.78, 5) is 0.582. The Morgan fingerprint density at radius 1 is 1.09 bits per heavy atom. The molecule has 1 aromatic heterocycles. The molecule has 3 aromatic rings. The lowest BCUT2D eigenvalue weighted by molar-refractivity contribution is -0.0583. The first-order valence-electron chi connectivity index (χ1n) is 10.1. The Morgan fingerprint density at radius 3 is 2.44 bits per heavy atom. The molecule has 0 saturated heterocycles. The van der Waals surface area contributed by atoms with Gasteiger partial charge < -0.3 is 10.1 Å². The predicted octanol–water partition coefficient (Wildman–Crippen LogP) is 6.64. The number of halogens is 3. The molecule has 0 aliphatic carbocycles. The first kappa shape index (κ1) is 25.5. The Kier molecular flexibility index (Phi) is 7.52. The standard InChI is InChI=1S/C24H23F3N2O3S2/c1-15(2)32-21-10-5-4-9-19(21)29-20(13-23(28)24(25,26)27)22-12-17(14-33-22)16-7-6-8-18(11-16)34(3,30)31/h4-15,28-29H,1-3H3/b20-13-,28-23?. The third-order valence-electron chi connectivity index (χ3n) is 4.57. The van der Waals surface area contributed by atoms with E-state index in [0.29, 0.717) is 27.4 Å². The second-order valence-corrected chi connectivity index (χ2v) is 10.7. The van der Waals surface area contributed by atoms with E-state index in [1.54, 1.807) is 47.8 Å². The topological polar surface area (TPSA) is 79.2 Å². The summed E-state index contributed by atoms with van der Waals surface area (Å²) in [5, 5.41) is 12.2. The van der Waals surface area contributed by atoms with Gasteiger partial charge in [-0.25, -0.2) is 8.42 Å². The molecule has 0 spiro atoms. The number of thiophene rings is 1. The SMILES string of the molecule is CC(C)Oc1ccccc1N/C(=C\C(=N)C(F)(F)F)c1cc(-c2cccc(S(C)(=O)=O)c2)cs1. The minimum Gasteiger partial charge on any atom is -0.489 e. The maximum absolute atomic E-state index is 13.2. The molecule has 1 heterocycles. The molecule has 34 heavy (non-hydrogen) atoms. The fraction of sp³-hybridized carbons (Fsp3) is 0.208. The lowest BCUT2D eigenvalue weighted by Crippen LogP contribution is -2.20. The Balaban J connectivity index is 2.04. The molecule has 2 N–H and O–H groups in total. The smallest absolute Gasteiger partial charge is 0.432 e. The zero-order valence-electron chi connectivity index (χ0n) is 18.6. The summed E-state index contributed by atoms with van der Waals surface area (Å²) in [6.07, 6.45) is -3.13. The van der Waals surface area contributed by atoms with Gasteiger partial charge in [0.25, 0.3) is 0 Å². The molecule has 10 heteroatoms. The van der Waals surface area contributed by atoms with Crippen LogP contribution in [0.15, 0.2) is 70.9 Å². The average molecular weight is 509 g/mol. The highest BCUT2D eigenvalue weighted by Gasteiger charge is 2.33. The summed E-state index contributed by atoms with van der Waals surface area (Å²) in [5.41, 5.74) is 0.262. The first-order chi connectivity index (χ1) is 15.8. The van der Waals surface area contributed by atoms with E-state index in [1.807, 2.05) is 13.8 Å².